The van der Waals surface area contributed by atoms with Crippen LogP contribution in [0, 0.1) is 0 Å². The standard InChI is InChI=1S/C37H77N2O6P/c1-3-5-7-9-11-13-15-17-19-21-23-25-27-29-31-37(41)39-35(34-45-46(42,43)44-33-32-38)36(40)30-28-26-24-22-20-18-16-14-12-10-8-6-4-2/h35-36,40H,3-34,38H2,1-2H3,(H,39,41)(H,42,43). The Labute approximate surface area is 284 Å². The molecule has 46 heavy (non-hydrogen) atoms. The summed E-state index contributed by atoms with van der Waals surface area (Å²) in [7, 11) is -4.30. The average Bonchev–Trinajstić information content (AvgIpc) is 3.04. The molecule has 9 heteroatoms. The van der Waals surface area contributed by atoms with E-state index in [1.165, 1.54) is 135 Å². The third-order valence-corrected chi connectivity index (χ3v) is 9.95. The van der Waals surface area contributed by atoms with Crippen LogP contribution < -0.4 is 11.1 Å². The summed E-state index contributed by atoms with van der Waals surface area (Å²) >= 11 is 0. The molecule has 0 bridgehead atoms. The Balaban J connectivity index is 4.20. The van der Waals surface area contributed by atoms with Crippen LogP contribution in [-0.4, -0.2) is 47.8 Å². The Kier molecular flexibility index (Phi) is 34.0. The van der Waals surface area contributed by atoms with Gasteiger partial charge in [-0.2, -0.15) is 0 Å². The van der Waals surface area contributed by atoms with Crippen LogP contribution in [0.3, 0.4) is 0 Å². The first-order valence-electron chi connectivity index (χ1n) is 19.7. The van der Waals surface area contributed by atoms with Crippen molar-refractivity contribution in [3.05, 3.63) is 0 Å². The van der Waals surface area contributed by atoms with Crippen LogP contribution in [-0.2, 0) is 18.4 Å². The Hall–Kier alpha value is -0.500. The van der Waals surface area contributed by atoms with E-state index in [4.69, 9.17) is 14.8 Å². The number of hydrogen-bond donors (Lipinski definition) is 4. The molecule has 0 aromatic heterocycles. The van der Waals surface area contributed by atoms with Crippen molar-refractivity contribution in [1.82, 2.24) is 5.32 Å². The van der Waals surface area contributed by atoms with E-state index >= 15 is 0 Å². The number of phosphoric ester groups is 1. The van der Waals surface area contributed by atoms with Crippen molar-refractivity contribution < 1.29 is 28.4 Å². The van der Waals surface area contributed by atoms with Crippen LogP contribution in [0.2, 0.25) is 0 Å². The van der Waals surface area contributed by atoms with Crippen molar-refractivity contribution in [2.45, 2.75) is 212 Å². The highest BCUT2D eigenvalue weighted by Crippen LogP contribution is 2.43. The number of amides is 1. The highest BCUT2D eigenvalue weighted by molar-refractivity contribution is 7.47. The highest BCUT2D eigenvalue weighted by atomic mass is 31.2. The molecule has 8 nitrogen and oxygen atoms in total. The molecule has 1 amide bonds. The van der Waals surface area contributed by atoms with E-state index < -0.39 is 20.0 Å². The molecule has 0 spiro atoms. The summed E-state index contributed by atoms with van der Waals surface area (Å²) in [4.78, 5) is 22.6. The van der Waals surface area contributed by atoms with Gasteiger partial charge < -0.3 is 21.1 Å². The van der Waals surface area contributed by atoms with Gasteiger partial charge in [-0.05, 0) is 12.8 Å². The molecule has 3 atom stereocenters. The highest BCUT2D eigenvalue weighted by Gasteiger charge is 2.27. The van der Waals surface area contributed by atoms with Crippen LogP contribution in [0.4, 0.5) is 0 Å². The number of rotatable bonds is 37. The Morgan fingerprint density at radius 1 is 0.630 bits per heavy atom. The first kappa shape index (κ1) is 45.5. The number of carbonyl (C=O) groups excluding carboxylic acids is 1. The SMILES string of the molecule is CCCCCCCCCCCCCCCCC(=O)NC(COP(=O)(O)OCCN)C(O)CCCCCCCCCCCCCCC. The predicted molar refractivity (Wildman–Crippen MR) is 194 cm³/mol. The maximum absolute atomic E-state index is 12.7. The number of carbonyl (C=O) groups is 1. The topological polar surface area (TPSA) is 131 Å². The maximum Gasteiger partial charge on any atom is 0.472 e. The summed E-state index contributed by atoms with van der Waals surface area (Å²) < 4.78 is 22.1. The first-order valence-corrected chi connectivity index (χ1v) is 21.1. The summed E-state index contributed by atoms with van der Waals surface area (Å²) in [6.45, 7) is 4.21. The number of phosphoric acid groups is 1. The molecular weight excluding hydrogens is 599 g/mol. The molecule has 5 N–H and O–H groups in total. The molecule has 0 radical (unpaired) electrons. The van der Waals surface area contributed by atoms with Crippen LogP contribution >= 0.6 is 7.82 Å². The number of aliphatic hydroxyl groups excluding tert-OH is 1. The average molecular weight is 677 g/mol. The molecule has 276 valence electrons. The first-order chi connectivity index (χ1) is 22.4. The van der Waals surface area contributed by atoms with Crippen molar-refractivity contribution in [1.29, 1.82) is 0 Å². The third kappa shape index (κ3) is 32.1. The van der Waals surface area contributed by atoms with E-state index in [1.807, 2.05) is 0 Å². The van der Waals surface area contributed by atoms with Crippen molar-refractivity contribution in [3.8, 4) is 0 Å². The fraction of sp³-hybridized carbons (Fsp3) is 0.973. The van der Waals surface area contributed by atoms with Crippen molar-refractivity contribution in [2.75, 3.05) is 19.8 Å². The summed E-state index contributed by atoms with van der Waals surface area (Å²) in [5.74, 6) is -0.160. The summed E-state index contributed by atoms with van der Waals surface area (Å²) in [6.07, 6.45) is 33.8. The van der Waals surface area contributed by atoms with Gasteiger partial charge in [-0.1, -0.05) is 181 Å². The van der Waals surface area contributed by atoms with E-state index in [9.17, 15) is 19.4 Å². The molecule has 0 aromatic carbocycles. The molecule has 0 aliphatic heterocycles. The van der Waals surface area contributed by atoms with Gasteiger partial charge in [0.25, 0.3) is 0 Å². The third-order valence-electron chi connectivity index (χ3n) is 8.96. The zero-order chi connectivity index (χ0) is 34.0. The fourth-order valence-electron chi connectivity index (χ4n) is 5.96. The van der Waals surface area contributed by atoms with E-state index in [2.05, 4.69) is 19.2 Å². The number of nitrogens with one attached hydrogen (secondary N) is 1. The van der Waals surface area contributed by atoms with Gasteiger partial charge in [0.1, 0.15) is 0 Å². The van der Waals surface area contributed by atoms with Gasteiger partial charge in [-0.25, -0.2) is 4.57 Å². The van der Waals surface area contributed by atoms with Gasteiger partial charge in [0.2, 0.25) is 5.91 Å². The number of aliphatic hydroxyl groups is 1. The molecule has 0 rings (SSSR count). The lowest BCUT2D eigenvalue weighted by Crippen LogP contribution is -2.46. The van der Waals surface area contributed by atoms with Gasteiger partial charge in [0.05, 0.1) is 25.4 Å². The minimum Gasteiger partial charge on any atom is -0.391 e. The molecule has 0 aromatic rings. The lowest BCUT2D eigenvalue weighted by atomic mass is 10.0. The lowest BCUT2D eigenvalue weighted by molar-refractivity contribution is -0.123. The van der Waals surface area contributed by atoms with E-state index in [1.54, 1.807) is 0 Å². The summed E-state index contributed by atoms with van der Waals surface area (Å²) in [5, 5.41) is 13.7. The van der Waals surface area contributed by atoms with E-state index in [-0.39, 0.29) is 25.7 Å². The zero-order valence-electron chi connectivity index (χ0n) is 30.3. The Morgan fingerprint density at radius 3 is 1.39 bits per heavy atom. The molecule has 0 heterocycles. The fourth-order valence-corrected chi connectivity index (χ4v) is 6.72. The molecule has 0 aliphatic carbocycles. The van der Waals surface area contributed by atoms with Crippen LogP contribution in [0.25, 0.3) is 0 Å². The molecule has 0 fully saturated rings. The second-order valence-electron chi connectivity index (χ2n) is 13.5. The van der Waals surface area contributed by atoms with Crippen LogP contribution in [0.5, 0.6) is 0 Å². The monoisotopic (exact) mass is 677 g/mol. The van der Waals surface area contributed by atoms with Crippen molar-refractivity contribution in [3.63, 3.8) is 0 Å². The Bertz CT molecular complexity index is 699. The van der Waals surface area contributed by atoms with Crippen LogP contribution in [0.15, 0.2) is 0 Å². The maximum atomic E-state index is 12.7. The molecule has 3 unspecified atom stereocenters. The lowest BCUT2D eigenvalue weighted by Gasteiger charge is -2.25. The van der Waals surface area contributed by atoms with Crippen LogP contribution in [0.1, 0.15) is 200 Å². The molecule has 0 aliphatic rings. The smallest absolute Gasteiger partial charge is 0.391 e. The second-order valence-corrected chi connectivity index (χ2v) is 15.0. The molecule has 0 saturated heterocycles. The molecule has 0 saturated carbocycles. The Morgan fingerprint density at radius 2 is 1.00 bits per heavy atom. The van der Waals surface area contributed by atoms with E-state index in [0.29, 0.717) is 12.8 Å². The molecular formula is C37H77N2O6P. The van der Waals surface area contributed by atoms with Gasteiger partial charge >= 0.3 is 7.82 Å². The zero-order valence-corrected chi connectivity index (χ0v) is 31.2. The van der Waals surface area contributed by atoms with Gasteiger partial charge in [-0.3, -0.25) is 13.8 Å². The van der Waals surface area contributed by atoms with E-state index in [0.717, 1.165) is 38.5 Å². The number of nitrogens with two attached hydrogens (primary N) is 1. The van der Waals surface area contributed by atoms with Gasteiger partial charge in [-0.15, -0.1) is 0 Å². The predicted octanol–water partition coefficient (Wildman–Crippen LogP) is 10.3. The summed E-state index contributed by atoms with van der Waals surface area (Å²) in [6, 6.07) is -0.765. The summed E-state index contributed by atoms with van der Waals surface area (Å²) in [5.41, 5.74) is 5.36. The van der Waals surface area contributed by atoms with Gasteiger partial charge in [0.15, 0.2) is 0 Å². The van der Waals surface area contributed by atoms with Crippen molar-refractivity contribution in [2.24, 2.45) is 5.73 Å². The number of hydrogen-bond acceptors (Lipinski definition) is 6. The second kappa shape index (κ2) is 34.4. The number of unbranched alkanes of at least 4 members (excludes halogenated alkanes) is 25. The minimum atomic E-state index is -4.30. The largest absolute Gasteiger partial charge is 0.472 e. The van der Waals surface area contributed by atoms with Gasteiger partial charge in [0, 0.05) is 13.0 Å². The quantitative estimate of drug-likeness (QED) is 0.0380. The minimum absolute atomic E-state index is 0.0922. The van der Waals surface area contributed by atoms with Crippen molar-refractivity contribution >= 4 is 13.7 Å². The normalized spacial score (nSPS) is 14.3.